The predicted molar refractivity (Wildman–Crippen MR) is 122 cm³/mol. The Kier molecular flexibility index (Phi) is 6.69. The Morgan fingerprint density at radius 3 is 2.50 bits per heavy atom. The average molecular weight is 498 g/mol. The van der Waals surface area contributed by atoms with Gasteiger partial charge in [-0.05, 0) is 47.5 Å². The van der Waals surface area contributed by atoms with Crippen molar-refractivity contribution in [3.8, 4) is 23.0 Å². The SMILES string of the molecule is O=C1/C=C\c2ccc(O)c(c2)OC(=O)[C@]2(O)C[C@@H](O)[C@@H](OC(=O)/C=C/c3ccc(O)c(O)c3)[C@@H](C2)O1. The highest BCUT2D eigenvalue weighted by molar-refractivity contribution is 5.89. The Bertz CT molecular complexity index is 1260. The van der Waals surface area contributed by atoms with E-state index >= 15 is 0 Å². The minimum Gasteiger partial charge on any atom is -0.504 e. The smallest absolute Gasteiger partial charge is 0.343 e. The van der Waals surface area contributed by atoms with Crippen LogP contribution >= 0.6 is 0 Å². The third kappa shape index (κ3) is 5.32. The van der Waals surface area contributed by atoms with Crippen LogP contribution in [0.25, 0.3) is 12.2 Å². The molecular formula is C25H22O11. The van der Waals surface area contributed by atoms with Crippen molar-refractivity contribution >= 4 is 30.1 Å². The lowest BCUT2D eigenvalue weighted by Crippen LogP contribution is -2.59. The fraction of sp³-hybridized carbons (Fsp3) is 0.240. The number of aromatic hydroxyl groups is 3. The number of hydrogen-bond donors (Lipinski definition) is 5. The van der Waals surface area contributed by atoms with Gasteiger partial charge in [0, 0.05) is 25.0 Å². The first kappa shape index (κ1) is 24.8. The van der Waals surface area contributed by atoms with Gasteiger partial charge in [-0.3, -0.25) is 0 Å². The van der Waals surface area contributed by atoms with Gasteiger partial charge in [0.05, 0.1) is 6.10 Å². The van der Waals surface area contributed by atoms with Gasteiger partial charge in [0.15, 0.2) is 34.7 Å². The molecule has 1 aliphatic heterocycles. The number of carbonyl (C=O) groups is 3. The number of fused-ring (bicyclic) bond motifs is 4. The first-order chi connectivity index (χ1) is 17.0. The van der Waals surface area contributed by atoms with Crippen LogP contribution in [0.15, 0.2) is 48.6 Å². The van der Waals surface area contributed by atoms with Crippen molar-refractivity contribution in [1.82, 2.24) is 0 Å². The molecule has 11 nitrogen and oxygen atoms in total. The molecule has 4 rings (SSSR count). The van der Waals surface area contributed by atoms with Crippen LogP contribution in [0.4, 0.5) is 0 Å². The summed E-state index contributed by atoms with van der Waals surface area (Å²) in [5, 5.41) is 50.5. The van der Waals surface area contributed by atoms with Gasteiger partial charge in [0.25, 0.3) is 0 Å². The Hall–Kier alpha value is -4.35. The lowest BCUT2D eigenvalue weighted by molar-refractivity contribution is -0.203. The van der Waals surface area contributed by atoms with Crippen molar-refractivity contribution in [2.45, 2.75) is 36.8 Å². The molecule has 188 valence electrons. The van der Waals surface area contributed by atoms with E-state index in [1.807, 2.05) is 0 Å². The summed E-state index contributed by atoms with van der Waals surface area (Å²) in [5.41, 5.74) is -1.57. The first-order valence-corrected chi connectivity index (χ1v) is 10.8. The standard InChI is InChI=1S/C25H22O11/c26-15-5-1-13(9-17(15)28)3-8-22(31)36-23-18(29)11-25(33)12-20(23)34-21(30)7-4-14-2-6-16(27)19(10-14)35-24(25)32/h1-10,18,20,23,26-29,33H,11-12H2/b7-4-,8-3+/t18-,20-,23-,25+/m1/s1. The highest BCUT2D eigenvalue weighted by atomic mass is 16.6. The molecule has 0 saturated heterocycles. The second-order valence-corrected chi connectivity index (χ2v) is 8.42. The van der Waals surface area contributed by atoms with E-state index in [1.54, 1.807) is 0 Å². The van der Waals surface area contributed by atoms with E-state index in [4.69, 9.17) is 14.2 Å². The summed E-state index contributed by atoms with van der Waals surface area (Å²) in [4.78, 5) is 37.6. The lowest BCUT2D eigenvalue weighted by atomic mass is 9.79. The van der Waals surface area contributed by atoms with E-state index in [0.29, 0.717) is 11.1 Å². The second-order valence-electron chi connectivity index (χ2n) is 8.42. The molecule has 5 N–H and O–H groups in total. The number of ether oxygens (including phenoxy) is 3. The van der Waals surface area contributed by atoms with E-state index in [0.717, 1.165) is 12.2 Å². The molecule has 1 aliphatic carbocycles. The molecule has 0 aromatic heterocycles. The van der Waals surface area contributed by atoms with E-state index in [1.165, 1.54) is 48.6 Å². The van der Waals surface area contributed by atoms with E-state index in [-0.39, 0.29) is 17.2 Å². The van der Waals surface area contributed by atoms with Crippen molar-refractivity contribution in [3.05, 3.63) is 59.7 Å². The summed E-state index contributed by atoms with van der Waals surface area (Å²) in [6.45, 7) is 0. The third-order valence-electron chi connectivity index (χ3n) is 5.74. The van der Waals surface area contributed by atoms with E-state index in [9.17, 15) is 39.9 Å². The number of hydrogen-bond acceptors (Lipinski definition) is 11. The van der Waals surface area contributed by atoms with Crippen molar-refractivity contribution < 1.29 is 54.1 Å². The highest BCUT2D eigenvalue weighted by Crippen LogP contribution is 2.36. The number of esters is 3. The zero-order valence-electron chi connectivity index (χ0n) is 18.6. The Morgan fingerprint density at radius 2 is 1.75 bits per heavy atom. The van der Waals surface area contributed by atoms with E-state index < -0.39 is 60.4 Å². The van der Waals surface area contributed by atoms with Gasteiger partial charge in [0.2, 0.25) is 0 Å². The van der Waals surface area contributed by atoms with Crippen LogP contribution in [0.2, 0.25) is 0 Å². The molecule has 1 heterocycles. The molecule has 1 saturated carbocycles. The van der Waals surface area contributed by atoms with Crippen LogP contribution in [0.3, 0.4) is 0 Å². The molecule has 2 aliphatic rings. The van der Waals surface area contributed by atoms with Crippen molar-refractivity contribution in [2.24, 2.45) is 0 Å². The number of aliphatic hydroxyl groups excluding tert-OH is 1. The molecule has 2 aromatic rings. The molecule has 0 spiro atoms. The average Bonchev–Trinajstić information content (AvgIpc) is 2.82. The number of benzene rings is 2. The summed E-state index contributed by atoms with van der Waals surface area (Å²) >= 11 is 0. The van der Waals surface area contributed by atoms with Crippen molar-refractivity contribution in [3.63, 3.8) is 0 Å². The van der Waals surface area contributed by atoms with Crippen molar-refractivity contribution in [2.75, 3.05) is 0 Å². The van der Waals surface area contributed by atoms with E-state index in [2.05, 4.69) is 0 Å². The number of phenols is 3. The highest BCUT2D eigenvalue weighted by Gasteiger charge is 2.53. The zero-order chi connectivity index (χ0) is 26.0. The molecule has 36 heavy (non-hydrogen) atoms. The number of carbonyl (C=O) groups excluding carboxylic acids is 3. The van der Waals surface area contributed by atoms with Gasteiger partial charge in [0.1, 0.15) is 6.10 Å². The van der Waals surface area contributed by atoms with Crippen LogP contribution in [-0.4, -0.2) is 67.4 Å². The Balaban J connectivity index is 1.57. The molecule has 1 fully saturated rings. The topological polar surface area (TPSA) is 180 Å². The van der Waals surface area contributed by atoms with Gasteiger partial charge >= 0.3 is 17.9 Å². The second kappa shape index (κ2) is 9.72. The van der Waals surface area contributed by atoms with Crippen molar-refractivity contribution in [1.29, 1.82) is 0 Å². The van der Waals surface area contributed by atoms with Crippen LogP contribution in [0, 0.1) is 0 Å². The quantitative estimate of drug-likeness (QED) is 0.177. The number of aliphatic hydroxyl groups is 2. The van der Waals surface area contributed by atoms with Crippen LogP contribution < -0.4 is 4.74 Å². The first-order valence-electron chi connectivity index (χ1n) is 10.8. The maximum absolute atomic E-state index is 12.8. The lowest BCUT2D eigenvalue weighted by Gasteiger charge is -2.41. The fourth-order valence-electron chi connectivity index (χ4n) is 3.92. The third-order valence-corrected chi connectivity index (χ3v) is 5.74. The molecule has 11 heteroatoms. The molecule has 0 unspecified atom stereocenters. The maximum atomic E-state index is 12.8. The Morgan fingerprint density at radius 1 is 1.00 bits per heavy atom. The van der Waals surface area contributed by atoms with Gasteiger partial charge in [-0.15, -0.1) is 0 Å². The van der Waals surface area contributed by atoms with Gasteiger partial charge < -0.3 is 39.7 Å². The van der Waals surface area contributed by atoms with Crippen LogP contribution in [0.1, 0.15) is 24.0 Å². The minimum atomic E-state index is -2.32. The summed E-state index contributed by atoms with van der Waals surface area (Å²) in [7, 11) is 0. The zero-order valence-corrected chi connectivity index (χ0v) is 18.6. The summed E-state index contributed by atoms with van der Waals surface area (Å²) in [5.74, 6) is -4.41. The largest absolute Gasteiger partial charge is 0.504 e. The van der Waals surface area contributed by atoms with Gasteiger partial charge in [-0.25, -0.2) is 14.4 Å². The van der Waals surface area contributed by atoms with Crippen LogP contribution in [-0.2, 0) is 23.9 Å². The molecule has 4 bridgehead atoms. The minimum absolute atomic E-state index is 0.255. The monoisotopic (exact) mass is 498 g/mol. The van der Waals surface area contributed by atoms with Gasteiger partial charge in [-0.1, -0.05) is 12.1 Å². The Labute approximate surface area is 204 Å². The molecule has 4 atom stereocenters. The molecular weight excluding hydrogens is 476 g/mol. The summed E-state index contributed by atoms with van der Waals surface area (Å²) in [6.07, 6.45) is -1.00. The molecule has 2 aromatic carbocycles. The number of phenolic OH excluding ortho intramolecular Hbond substituents is 3. The molecule has 0 radical (unpaired) electrons. The normalized spacial score (nSPS) is 26.8. The van der Waals surface area contributed by atoms with Crippen LogP contribution in [0.5, 0.6) is 23.0 Å². The fourth-order valence-corrected chi connectivity index (χ4v) is 3.92. The van der Waals surface area contributed by atoms with Gasteiger partial charge in [-0.2, -0.15) is 0 Å². The molecule has 0 amide bonds. The maximum Gasteiger partial charge on any atom is 0.343 e. The predicted octanol–water partition coefficient (Wildman–Crippen LogP) is 1.16. The summed E-state index contributed by atoms with van der Waals surface area (Å²) in [6, 6.07) is 7.82. The summed E-state index contributed by atoms with van der Waals surface area (Å²) < 4.78 is 15.8. The number of rotatable bonds is 3.